The van der Waals surface area contributed by atoms with Gasteiger partial charge in [-0.05, 0) is 49.1 Å². The molecule has 2 aromatic rings. The van der Waals surface area contributed by atoms with Crippen molar-refractivity contribution in [3.05, 3.63) is 59.7 Å². The van der Waals surface area contributed by atoms with Crippen molar-refractivity contribution in [1.82, 2.24) is 4.90 Å². The van der Waals surface area contributed by atoms with Gasteiger partial charge in [0.15, 0.2) is 0 Å². The Bertz CT molecular complexity index is 949. The average Bonchev–Trinajstić information content (AvgIpc) is 3.44. The van der Waals surface area contributed by atoms with Crippen molar-refractivity contribution >= 4 is 23.2 Å². The van der Waals surface area contributed by atoms with Gasteiger partial charge in [-0.15, -0.1) is 0 Å². The molecule has 150 valence electrons. The van der Waals surface area contributed by atoms with Crippen LogP contribution in [0.1, 0.15) is 17.5 Å². The Morgan fingerprint density at radius 2 is 1.62 bits per heavy atom. The topological polar surface area (TPSA) is 43.9 Å². The number of para-hydroxylation sites is 1. The summed E-state index contributed by atoms with van der Waals surface area (Å²) in [6, 6.07) is 16.6. The van der Waals surface area contributed by atoms with Crippen LogP contribution in [-0.4, -0.2) is 49.4 Å². The Balaban J connectivity index is 1.18. The third-order valence-electron chi connectivity index (χ3n) is 6.54. The van der Waals surface area contributed by atoms with Gasteiger partial charge in [0.05, 0.1) is 11.8 Å². The zero-order valence-corrected chi connectivity index (χ0v) is 16.9. The minimum Gasteiger partial charge on any atom is -0.368 e. The van der Waals surface area contributed by atoms with Crippen molar-refractivity contribution in [1.29, 1.82) is 0 Å². The average molecular weight is 389 g/mol. The van der Waals surface area contributed by atoms with Crippen molar-refractivity contribution in [2.24, 2.45) is 11.8 Å². The number of aryl methyl sites for hydroxylation is 1. The van der Waals surface area contributed by atoms with Crippen LogP contribution < -0.4 is 9.80 Å². The second kappa shape index (κ2) is 7.21. The van der Waals surface area contributed by atoms with Crippen LogP contribution in [-0.2, 0) is 16.0 Å². The normalized spacial score (nSPS) is 23.1. The standard InChI is InChI=1S/C24H27N3O2/c1-17-5-4-7-19(15-17)25-11-13-26(14-12-25)23(28)20-16-21(20)24(29)27-10-9-18-6-2-3-8-22(18)27/h2-8,15,20-21H,9-14,16H2,1H3. The number of piperazine rings is 1. The predicted octanol–water partition coefficient (Wildman–Crippen LogP) is 2.87. The molecule has 2 atom stereocenters. The highest BCUT2D eigenvalue weighted by molar-refractivity contribution is 6.02. The zero-order chi connectivity index (χ0) is 20.0. The second-order valence-corrected chi connectivity index (χ2v) is 8.47. The fraction of sp³-hybridized carbons (Fsp3) is 0.417. The molecule has 0 spiro atoms. The van der Waals surface area contributed by atoms with E-state index in [9.17, 15) is 9.59 Å². The summed E-state index contributed by atoms with van der Waals surface area (Å²) in [5.41, 5.74) is 4.74. The number of rotatable bonds is 3. The van der Waals surface area contributed by atoms with Crippen LogP contribution in [0.4, 0.5) is 11.4 Å². The van der Waals surface area contributed by atoms with Crippen molar-refractivity contribution in [3.8, 4) is 0 Å². The third-order valence-corrected chi connectivity index (χ3v) is 6.54. The number of carbonyl (C=O) groups excluding carboxylic acids is 2. The zero-order valence-electron chi connectivity index (χ0n) is 16.9. The molecule has 0 aromatic heterocycles. The summed E-state index contributed by atoms with van der Waals surface area (Å²) in [6.45, 7) is 6.00. The van der Waals surface area contributed by atoms with Gasteiger partial charge < -0.3 is 14.7 Å². The van der Waals surface area contributed by atoms with Gasteiger partial charge in [0, 0.05) is 44.1 Å². The fourth-order valence-corrected chi connectivity index (χ4v) is 4.75. The van der Waals surface area contributed by atoms with Gasteiger partial charge in [0.2, 0.25) is 11.8 Å². The number of fused-ring (bicyclic) bond motifs is 1. The molecule has 2 heterocycles. The fourth-order valence-electron chi connectivity index (χ4n) is 4.75. The van der Waals surface area contributed by atoms with E-state index in [1.54, 1.807) is 0 Å². The van der Waals surface area contributed by atoms with Crippen LogP contribution in [0, 0.1) is 18.8 Å². The monoisotopic (exact) mass is 389 g/mol. The molecular formula is C24H27N3O2. The van der Waals surface area contributed by atoms with Crippen molar-refractivity contribution < 1.29 is 9.59 Å². The van der Waals surface area contributed by atoms with Gasteiger partial charge in [-0.25, -0.2) is 0 Å². The van der Waals surface area contributed by atoms with Crippen molar-refractivity contribution in [2.45, 2.75) is 19.8 Å². The molecule has 29 heavy (non-hydrogen) atoms. The maximum absolute atomic E-state index is 13.0. The van der Waals surface area contributed by atoms with Gasteiger partial charge in [0.1, 0.15) is 0 Å². The molecule has 5 heteroatoms. The number of hydrogen-bond donors (Lipinski definition) is 0. The lowest BCUT2D eigenvalue weighted by Crippen LogP contribution is -2.49. The molecule has 0 bridgehead atoms. The molecule has 5 rings (SSSR count). The van der Waals surface area contributed by atoms with Crippen LogP contribution in [0.5, 0.6) is 0 Å². The van der Waals surface area contributed by atoms with E-state index in [-0.39, 0.29) is 23.7 Å². The number of benzene rings is 2. The van der Waals surface area contributed by atoms with E-state index in [4.69, 9.17) is 0 Å². The third kappa shape index (κ3) is 3.39. The number of carbonyl (C=O) groups is 2. The van der Waals surface area contributed by atoms with Crippen LogP contribution in [0.2, 0.25) is 0 Å². The minimum absolute atomic E-state index is 0.124. The number of nitrogens with zero attached hydrogens (tertiary/aromatic N) is 3. The van der Waals surface area contributed by atoms with E-state index >= 15 is 0 Å². The van der Waals surface area contributed by atoms with Crippen LogP contribution in [0.25, 0.3) is 0 Å². The Hall–Kier alpha value is -2.82. The maximum atomic E-state index is 13.0. The second-order valence-electron chi connectivity index (χ2n) is 8.47. The highest BCUT2D eigenvalue weighted by atomic mass is 16.2. The van der Waals surface area contributed by atoms with Gasteiger partial charge in [-0.1, -0.05) is 30.3 Å². The van der Waals surface area contributed by atoms with Crippen LogP contribution >= 0.6 is 0 Å². The molecule has 2 amide bonds. The summed E-state index contributed by atoms with van der Waals surface area (Å²) < 4.78 is 0. The van der Waals surface area contributed by atoms with Gasteiger partial charge in [-0.3, -0.25) is 9.59 Å². The highest BCUT2D eigenvalue weighted by Gasteiger charge is 2.51. The molecule has 0 N–H and O–H groups in total. The molecule has 5 nitrogen and oxygen atoms in total. The Morgan fingerprint density at radius 3 is 2.41 bits per heavy atom. The predicted molar refractivity (Wildman–Crippen MR) is 114 cm³/mol. The van der Waals surface area contributed by atoms with Gasteiger partial charge >= 0.3 is 0 Å². The molecule has 2 aromatic carbocycles. The molecule has 0 radical (unpaired) electrons. The largest absolute Gasteiger partial charge is 0.368 e. The van der Waals surface area contributed by atoms with Crippen LogP contribution in [0.15, 0.2) is 48.5 Å². The maximum Gasteiger partial charge on any atom is 0.230 e. The first-order valence-corrected chi connectivity index (χ1v) is 10.6. The lowest BCUT2D eigenvalue weighted by Gasteiger charge is -2.36. The Labute approximate surface area is 171 Å². The first-order valence-electron chi connectivity index (χ1n) is 10.6. The van der Waals surface area contributed by atoms with Crippen molar-refractivity contribution in [3.63, 3.8) is 0 Å². The molecular weight excluding hydrogens is 362 g/mol. The quantitative estimate of drug-likeness (QED) is 0.811. The Kier molecular flexibility index (Phi) is 4.53. The first kappa shape index (κ1) is 18.2. The summed E-state index contributed by atoms with van der Waals surface area (Å²) in [7, 11) is 0. The molecule has 3 aliphatic rings. The van der Waals surface area contributed by atoms with E-state index in [2.05, 4.69) is 42.2 Å². The summed E-state index contributed by atoms with van der Waals surface area (Å²) in [5.74, 6) is 0.0376. The molecule has 1 saturated heterocycles. The van der Waals surface area contributed by atoms with Gasteiger partial charge in [-0.2, -0.15) is 0 Å². The van der Waals surface area contributed by atoms with E-state index in [1.807, 2.05) is 28.0 Å². The summed E-state index contributed by atoms with van der Waals surface area (Å²) in [4.78, 5) is 32.1. The number of anilines is 2. The van der Waals surface area contributed by atoms with E-state index < -0.39 is 0 Å². The minimum atomic E-state index is -0.136. The molecule has 1 saturated carbocycles. The molecule has 2 unspecified atom stereocenters. The van der Waals surface area contributed by atoms with Crippen LogP contribution in [0.3, 0.4) is 0 Å². The SMILES string of the molecule is Cc1cccc(N2CCN(C(=O)C3CC3C(=O)N3CCc4ccccc43)CC2)c1. The lowest BCUT2D eigenvalue weighted by molar-refractivity contribution is -0.134. The molecule has 2 aliphatic heterocycles. The van der Waals surface area contributed by atoms with E-state index in [0.717, 1.165) is 44.8 Å². The first-order chi connectivity index (χ1) is 14.1. The molecule has 2 fully saturated rings. The summed E-state index contributed by atoms with van der Waals surface area (Å²) >= 11 is 0. The van der Waals surface area contributed by atoms with Crippen molar-refractivity contribution in [2.75, 3.05) is 42.5 Å². The van der Waals surface area contributed by atoms with E-state index in [0.29, 0.717) is 6.42 Å². The van der Waals surface area contributed by atoms with Gasteiger partial charge in [0.25, 0.3) is 0 Å². The number of amides is 2. The summed E-state index contributed by atoms with van der Waals surface area (Å²) in [5, 5.41) is 0. The van der Waals surface area contributed by atoms with E-state index in [1.165, 1.54) is 16.8 Å². The lowest BCUT2D eigenvalue weighted by atomic mass is 10.1. The summed E-state index contributed by atoms with van der Waals surface area (Å²) in [6.07, 6.45) is 1.61. The smallest absolute Gasteiger partial charge is 0.230 e. The highest BCUT2D eigenvalue weighted by Crippen LogP contribution is 2.43. The Morgan fingerprint density at radius 1 is 0.862 bits per heavy atom. The molecule has 1 aliphatic carbocycles. The number of hydrogen-bond acceptors (Lipinski definition) is 3.